The van der Waals surface area contributed by atoms with E-state index in [0.29, 0.717) is 6.67 Å². The predicted molar refractivity (Wildman–Crippen MR) is 340 cm³/mol. The summed E-state index contributed by atoms with van der Waals surface area (Å²) in [7, 11) is 2.15. The Balaban J connectivity index is 0.844. The molecule has 0 spiro atoms. The number of para-hydroxylation sites is 9. The lowest BCUT2D eigenvalue weighted by Gasteiger charge is -2.22. The van der Waals surface area contributed by atoms with Gasteiger partial charge in [0.25, 0.3) is 0 Å². The van der Waals surface area contributed by atoms with Crippen molar-refractivity contribution >= 4 is 104 Å². The van der Waals surface area contributed by atoms with Crippen LogP contribution in [-0.4, -0.2) is 37.0 Å². The fourth-order valence-electron chi connectivity index (χ4n) is 13.6. The Bertz CT molecular complexity index is 5010. The van der Waals surface area contributed by atoms with Crippen LogP contribution in [0.1, 0.15) is 5.56 Å². The van der Waals surface area contributed by atoms with E-state index in [1.807, 2.05) is 0 Å². The zero-order valence-corrected chi connectivity index (χ0v) is 45.1. The number of fused-ring (bicyclic) bond motifs is 13. The smallest absolute Gasteiger partial charge is 0.137 e. The van der Waals surface area contributed by atoms with Crippen LogP contribution >= 0.6 is 0 Å². The number of rotatable bonds is 8. The molecule has 0 fully saturated rings. The molecule has 1 aliphatic heterocycles. The molecule has 16 aromatic rings. The van der Waals surface area contributed by atoms with Crippen LogP contribution in [-0.2, 0) is 0 Å². The fourth-order valence-corrected chi connectivity index (χ4v) is 13.6. The van der Waals surface area contributed by atoms with Crippen LogP contribution in [0.25, 0.3) is 121 Å². The Morgan fingerprint density at radius 1 is 0.341 bits per heavy atom. The van der Waals surface area contributed by atoms with Crippen molar-refractivity contribution in [3.8, 4) is 45.5 Å². The predicted octanol–water partition coefficient (Wildman–Crippen LogP) is 18.8. The van der Waals surface area contributed by atoms with Gasteiger partial charge in [-0.05, 0) is 103 Å². The number of hydrogen-bond acceptors (Lipinski definition) is 4. The second kappa shape index (κ2) is 17.8. The monoisotopic (exact) mass is 1050 g/mol. The standard InChI is InChI=1S/C74H51N7O/c1-47-40-73(75-45-60(47)74-70(79-63-29-12-5-22-54(63)55-23-6-13-30-64(55)79)36-19-37-71(74)80-65-31-14-7-24-56(65)57-25-8-15-32-66(57)80)81-67-33-16-9-26-58(67)59-39-38-50(44-72(59)81)82-51-42-48(77-46-76(2)68-34-17-18-35-69(68)77)41-49(43-51)78-61-27-10-3-20-52(61)53-21-4-11-28-62(53)78/h3-45H,46H2,1-2H3. The van der Waals surface area contributed by atoms with Crippen LogP contribution in [0, 0.1) is 6.92 Å². The average Bonchev–Trinajstić information content (AvgIpc) is 4.30. The molecule has 5 aromatic heterocycles. The molecule has 11 aromatic carbocycles. The van der Waals surface area contributed by atoms with E-state index in [-0.39, 0.29) is 0 Å². The van der Waals surface area contributed by atoms with Gasteiger partial charge >= 0.3 is 0 Å². The highest BCUT2D eigenvalue weighted by atomic mass is 16.5. The summed E-state index contributed by atoms with van der Waals surface area (Å²) in [5.74, 6) is 2.29. The lowest BCUT2D eigenvalue weighted by Crippen LogP contribution is -2.24. The van der Waals surface area contributed by atoms with E-state index in [1.54, 1.807) is 0 Å². The molecule has 8 heteroatoms. The fraction of sp³-hybridized carbons (Fsp3) is 0.0405. The number of nitrogens with zero attached hydrogens (tertiary/aromatic N) is 7. The zero-order chi connectivity index (χ0) is 54.2. The molecule has 0 unspecified atom stereocenters. The largest absolute Gasteiger partial charge is 0.457 e. The van der Waals surface area contributed by atoms with Crippen molar-refractivity contribution in [3.05, 3.63) is 267 Å². The molecule has 0 saturated carbocycles. The van der Waals surface area contributed by atoms with Crippen molar-refractivity contribution in [2.45, 2.75) is 6.92 Å². The molecule has 1 aliphatic rings. The summed E-state index contributed by atoms with van der Waals surface area (Å²) in [6.45, 7) is 2.94. The molecule has 0 aliphatic carbocycles. The van der Waals surface area contributed by atoms with E-state index in [2.05, 4.69) is 303 Å². The van der Waals surface area contributed by atoms with Gasteiger partial charge in [-0.1, -0.05) is 146 Å². The van der Waals surface area contributed by atoms with E-state index in [9.17, 15) is 0 Å². The van der Waals surface area contributed by atoms with Gasteiger partial charge in [-0.15, -0.1) is 0 Å². The summed E-state index contributed by atoms with van der Waals surface area (Å²) in [5, 5.41) is 9.55. The van der Waals surface area contributed by atoms with Crippen molar-refractivity contribution in [1.82, 2.24) is 23.3 Å². The Hall–Kier alpha value is -10.8. The summed E-state index contributed by atoms with van der Waals surface area (Å²) in [5.41, 5.74) is 18.8. The number of anilines is 3. The van der Waals surface area contributed by atoms with Crippen LogP contribution in [0.15, 0.2) is 261 Å². The highest BCUT2D eigenvalue weighted by molar-refractivity contribution is 6.13. The third-order valence-electron chi connectivity index (χ3n) is 17.1. The maximum atomic E-state index is 7.18. The second-order valence-corrected chi connectivity index (χ2v) is 21.7. The number of aryl methyl sites for hydroxylation is 1. The highest BCUT2D eigenvalue weighted by Gasteiger charge is 2.27. The van der Waals surface area contributed by atoms with Crippen molar-refractivity contribution in [2.24, 2.45) is 0 Å². The minimum Gasteiger partial charge on any atom is -0.457 e. The second-order valence-electron chi connectivity index (χ2n) is 21.7. The molecule has 82 heavy (non-hydrogen) atoms. The maximum absolute atomic E-state index is 7.18. The average molecular weight is 1050 g/mol. The molecule has 0 atom stereocenters. The lowest BCUT2D eigenvalue weighted by molar-refractivity contribution is 0.483. The molecule has 388 valence electrons. The van der Waals surface area contributed by atoms with Crippen LogP contribution in [0.3, 0.4) is 0 Å². The third kappa shape index (κ3) is 6.82. The lowest BCUT2D eigenvalue weighted by atomic mass is 9.98. The molecule has 0 N–H and O–H groups in total. The number of pyridine rings is 1. The molecule has 8 nitrogen and oxygen atoms in total. The summed E-state index contributed by atoms with van der Waals surface area (Å²) < 4.78 is 16.8. The number of ether oxygens (including phenoxy) is 1. The van der Waals surface area contributed by atoms with E-state index < -0.39 is 0 Å². The first kappa shape index (κ1) is 46.1. The maximum Gasteiger partial charge on any atom is 0.137 e. The van der Waals surface area contributed by atoms with Gasteiger partial charge in [-0.25, -0.2) is 4.98 Å². The van der Waals surface area contributed by atoms with Gasteiger partial charge in [-0.3, -0.25) is 4.57 Å². The minimum atomic E-state index is 0.708. The van der Waals surface area contributed by atoms with Crippen LogP contribution in [0.4, 0.5) is 17.1 Å². The van der Waals surface area contributed by atoms with Gasteiger partial charge in [0.15, 0.2) is 0 Å². The summed E-state index contributed by atoms with van der Waals surface area (Å²) in [4.78, 5) is 10.2. The molecule has 17 rings (SSSR count). The van der Waals surface area contributed by atoms with Crippen molar-refractivity contribution in [1.29, 1.82) is 0 Å². The zero-order valence-electron chi connectivity index (χ0n) is 45.1. The molecular weight excluding hydrogens is 1000 g/mol. The van der Waals surface area contributed by atoms with Crippen molar-refractivity contribution < 1.29 is 4.74 Å². The van der Waals surface area contributed by atoms with Gasteiger partial charge in [-0.2, -0.15) is 0 Å². The van der Waals surface area contributed by atoms with Crippen molar-refractivity contribution in [2.75, 3.05) is 23.5 Å². The molecule has 0 saturated heterocycles. The van der Waals surface area contributed by atoms with Gasteiger partial charge in [0.05, 0.1) is 79.2 Å². The van der Waals surface area contributed by atoms with Crippen LogP contribution in [0.5, 0.6) is 11.5 Å². The van der Waals surface area contributed by atoms with E-state index in [0.717, 1.165) is 117 Å². The molecule has 0 radical (unpaired) electrons. The van der Waals surface area contributed by atoms with Gasteiger partial charge in [0.2, 0.25) is 0 Å². The normalized spacial score (nSPS) is 12.7. The molecular formula is C74H51N7O. The quantitative estimate of drug-likeness (QED) is 0.152. The van der Waals surface area contributed by atoms with E-state index in [1.165, 1.54) is 38.0 Å². The van der Waals surface area contributed by atoms with Crippen LogP contribution < -0.4 is 14.5 Å². The summed E-state index contributed by atoms with van der Waals surface area (Å²) >= 11 is 0. The summed E-state index contributed by atoms with van der Waals surface area (Å²) in [6, 6.07) is 91.9. The van der Waals surface area contributed by atoms with E-state index >= 15 is 0 Å². The summed E-state index contributed by atoms with van der Waals surface area (Å²) in [6.07, 6.45) is 2.10. The topological polar surface area (TPSA) is 48.3 Å². The third-order valence-corrected chi connectivity index (χ3v) is 17.1. The minimum absolute atomic E-state index is 0.708. The SMILES string of the molecule is Cc1cc(-n2c3ccccc3c3ccc(Oc4cc(N5CN(C)c6ccccc65)cc(-n5c6ccccc6c6ccccc65)c4)cc32)ncc1-c1c(-n2c3ccccc3c3ccccc32)cccc1-n1c2ccccc2c2ccccc21. The number of aromatic nitrogens is 5. The molecule has 0 amide bonds. The Kier molecular flexibility index (Phi) is 10.0. The van der Waals surface area contributed by atoms with Crippen LogP contribution in [0.2, 0.25) is 0 Å². The number of hydrogen-bond donors (Lipinski definition) is 0. The van der Waals surface area contributed by atoms with Gasteiger partial charge in [0, 0.05) is 91.3 Å². The first-order valence-corrected chi connectivity index (χ1v) is 28.0. The number of benzene rings is 11. The Morgan fingerprint density at radius 3 is 1.26 bits per heavy atom. The van der Waals surface area contributed by atoms with Crippen molar-refractivity contribution in [3.63, 3.8) is 0 Å². The van der Waals surface area contributed by atoms with Gasteiger partial charge < -0.3 is 28.2 Å². The first-order valence-electron chi connectivity index (χ1n) is 28.0. The first-order chi connectivity index (χ1) is 40.5. The Labute approximate surface area is 472 Å². The molecule has 0 bridgehead atoms. The molecule has 6 heterocycles. The highest BCUT2D eigenvalue weighted by Crippen LogP contribution is 2.46. The Morgan fingerprint density at radius 2 is 0.756 bits per heavy atom. The van der Waals surface area contributed by atoms with E-state index in [4.69, 9.17) is 9.72 Å². The van der Waals surface area contributed by atoms with Gasteiger partial charge in [0.1, 0.15) is 17.3 Å².